The summed E-state index contributed by atoms with van der Waals surface area (Å²) in [6.45, 7) is 1.62. The number of carbonyl (C=O) groups is 3. The predicted octanol–water partition coefficient (Wildman–Crippen LogP) is 4.24. The summed E-state index contributed by atoms with van der Waals surface area (Å²) in [7, 11) is 2.51. The lowest BCUT2D eigenvalue weighted by atomic mass is 9.97. The van der Waals surface area contributed by atoms with Gasteiger partial charge < -0.3 is 14.8 Å². The van der Waals surface area contributed by atoms with E-state index in [0.29, 0.717) is 5.56 Å². The summed E-state index contributed by atoms with van der Waals surface area (Å²) in [6.07, 6.45) is 5.95. The van der Waals surface area contributed by atoms with Gasteiger partial charge in [-0.1, -0.05) is 11.8 Å². The SMILES string of the molecule is COC(=O)c1sc(NC(=O)CSc2ncnc3sc4c(c23)CCCC4)c(C(=O)OC)c1C. The van der Waals surface area contributed by atoms with Crippen LogP contribution < -0.4 is 5.32 Å². The minimum atomic E-state index is -0.626. The number of amides is 1. The Bertz CT molecular complexity index is 1220. The summed E-state index contributed by atoms with van der Waals surface area (Å²) in [5.74, 6) is -1.41. The fourth-order valence-corrected chi connectivity index (χ4v) is 6.95. The third-order valence-corrected chi connectivity index (χ3v) is 8.59. The smallest absolute Gasteiger partial charge is 0.348 e. The van der Waals surface area contributed by atoms with Crippen molar-refractivity contribution in [1.29, 1.82) is 0 Å². The maximum atomic E-state index is 12.7. The van der Waals surface area contributed by atoms with Gasteiger partial charge in [-0.2, -0.15) is 0 Å². The second-order valence-corrected chi connectivity index (χ2v) is 10.2. The second-order valence-electron chi connectivity index (χ2n) is 7.15. The third-order valence-electron chi connectivity index (χ3n) is 5.22. The molecule has 11 heteroatoms. The molecular weight excluding hydrogens is 470 g/mol. The first-order chi connectivity index (χ1) is 15.4. The van der Waals surface area contributed by atoms with Crippen LogP contribution in [0.1, 0.15) is 48.9 Å². The monoisotopic (exact) mass is 491 g/mol. The van der Waals surface area contributed by atoms with Crippen LogP contribution in [-0.2, 0) is 27.1 Å². The number of rotatable bonds is 6. The number of thiophene rings is 2. The van der Waals surface area contributed by atoms with Crippen molar-refractivity contribution in [2.45, 2.75) is 37.6 Å². The molecule has 8 nitrogen and oxygen atoms in total. The van der Waals surface area contributed by atoms with Crippen molar-refractivity contribution in [3.63, 3.8) is 0 Å². The van der Waals surface area contributed by atoms with Gasteiger partial charge in [0.15, 0.2) is 0 Å². The molecule has 1 N–H and O–H groups in total. The van der Waals surface area contributed by atoms with E-state index >= 15 is 0 Å². The van der Waals surface area contributed by atoms with Gasteiger partial charge in [-0.25, -0.2) is 19.6 Å². The summed E-state index contributed by atoms with van der Waals surface area (Å²) >= 11 is 4.04. The zero-order chi connectivity index (χ0) is 22.8. The Kier molecular flexibility index (Phi) is 6.77. The van der Waals surface area contributed by atoms with Gasteiger partial charge in [0.2, 0.25) is 5.91 Å². The molecule has 4 rings (SSSR count). The number of nitrogens with one attached hydrogen (secondary N) is 1. The maximum absolute atomic E-state index is 12.7. The fourth-order valence-electron chi connectivity index (χ4n) is 3.70. The summed E-state index contributed by atoms with van der Waals surface area (Å²) in [6, 6.07) is 0. The number of methoxy groups -OCH3 is 2. The Morgan fingerprint density at radius 3 is 2.59 bits per heavy atom. The normalized spacial score (nSPS) is 13.0. The number of thioether (sulfide) groups is 1. The molecule has 0 aromatic carbocycles. The molecule has 0 atom stereocenters. The lowest BCUT2D eigenvalue weighted by Gasteiger charge is -2.11. The van der Waals surface area contributed by atoms with Crippen LogP contribution in [0.2, 0.25) is 0 Å². The Balaban J connectivity index is 1.55. The third kappa shape index (κ3) is 4.24. The second kappa shape index (κ2) is 9.55. The molecular formula is C21H21N3O5S3. The molecule has 0 bridgehead atoms. The van der Waals surface area contributed by atoms with E-state index < -0.39 is 11.9 Å². The highest BCUT2D eigenvalue weighted by molar-refractivity contribution is 8.00. The number of hydrogen-bond donors (Lipinski definition) is 1. The van der Waals surface area contributed by atoms with Crippen molar-refractivity contribution in [1.82, 2.24) is 9.97 Å². The van der Waals surface area contributed by atoms with Crippen molar-refractivity contribution in [2.24, 2.45) is 0 Å². The number of esters is 2. The van der Waals surface area contributed by atoms with Crippen LogP contribution in [0.4, 0.5) is 5.00 Å². The molecule has 1 aliphatic rings. The summed E-state index contributed by atoms with van der Waals surface area (Å²) in [4.78, 5) is 48.4. The number of ether oxygens (including phenoxy) is 2. The zero-order valence-corrected chi connectivity index (χ0v) is 20.2. The Hall–Kier alpha value is -2.50. The first-order valence-corrected chi connectivity index (χ1v) is 12.5. The molecule has 3 aromatic rings. The van der Waals surface area contributed by atoms with E-state index in [0.717, 1.165) is 45.8 Å². The van der Waals surface area contributed by atoms with Crippen LogP contribution >= 0.6 is 34.4 Å². The van der Waals surface area contributed by atoms with Crippen molar-refractivity contribution >= 4 is 67.5 Å². The summed E-state index contributed by atoms with van der Waals surface area (Å²) in [5, 5.41) is 4.86. The van der Waals surface area contributed by atoms with Gasteiger partial charge in [-0.15, -0.1) is 22.7 Å². The van der Waals surface area contributed by atoms with E-state index in [-0.39, 0.29) is 27.1 Å². The molecule has 0 fully saturated rings. The Morgan fingerprint density at radius 1 is 1.09 bits per heavy atom. The minimum Gasteiger partial charge on any atom is -0.465 e. The topological polar surface area (TPSA) is 107 Å². The predicted molar refractivity (Wildman–Crippen MR) is 125 cm³/mol. The zero-order valence-electron chi connectivity index (χ0n) is 17.8. The van der Waals surface area contributed by atoms with Gasteiger partial charge in [0.05, 0.1) is 25.5 Å². The molecule has 0 saturated carbocycles. The van der Waals surface area contributed by atoms with Gasteiger partial charge in [-0.3, -0.25) is 4.79 Å². The maximum Gasteiger partial charge on any atom is 0.348 e. The fraction of sp³-hybridized carbons (Fsp3) is 0.381. The van der Waals surface area contributed by atoms with Gasteiger partial charge in [0.25, 0.3) is 0 Å². The lowest BCUT2D eigenvalue weighted by molar-refractivity contribution is -0.113. The molecule has 0 saturated heterocycles. The van der Waals surface area contributed by atoms with Crippen molar-refractivity contribution in [2.75, 3.05) is 25.3 Å². The van der Waals surface area contributed by atoms with E-state index in [1.165, 1.54) is 49.2 Å². The van der Waals surface area contributed by atoms with Gasteiger partial charge in [-0.05, 0) is 43.7 Å². The molecule has 32 heavy (non-hydrogen) atoms. The molecule has 168 valence electrons. The first kappa shape index (κ1) is 22.7. The number of carbonyl (C=O) groups excluding carboxylic acids is 3. The number of nitrogens with zero attached hydrogens (tertiary/aromatic N) is 2. The molecule has 1 amide bonds. The van der Waals surface area contributed by atoms with Crippen molar-refractivity contribution in [3.8, 4) is 0 Å². The van der Waals surface area contributed by atoms with E-state index in [9.17, 15) is 14.4 Å². The number of hydrogen-bond acceptors (Lipinski definition) is 10. The van der Waals surface area contributed by atoms with Crippen molar-refractivity contribution < 1.29 is 23.9 Å². The average Bonchev–Trinajstić information content (AvgIpc) is 3.34. The van der Waals surface area contributed by atoms with E-state index in [2.05, 4.69) is 15.3 Å². The molecule has 0 radical (unpaired) electrons. The quantitative estimate of drug-likeness (QED) is 0.310. The van der Waals surface area contributed by atoms with Gasteiger partial charge in [0.1, 0.15) is 26.1 Å². The lowest BCUT2D eigenvalue weighted by Crippen LogP contribution is -2.16. The number of aromatic nitrogens is 2. The summed E-state index contributed by atoms with van der Waals surface area (Å²) in [5.41, 5.74) is 1.89. The van der Waals surface area contributed by atoms with Crippen LogP contribution in [0, 0.1) is 6.92 Å². The highest BCUT2D eigenvalue weighted by atomic mass is 32.2. The standard InChI is InChI=1S/C21H21N3O5S3/c1-10-14(20(26)28-2)19(32-16(10)21(27)29-3)24-13(25)8-30-17-15-11-6-4-5-7-12(11)31-18(15)23-9-22-17/h9H,4-8H2,1-3H3,(H,24,25). The largest absolute Gasteiger partial charge is 0.465 e. The number of aryl methyl sites for hydroxylation is 2. The van der Waals surface area contributed by atoms with Gasteiger partial charge >= 0.3 is 11.9 Å². The highest BCUT2D eigenvalue weighted by Crippen LogP contribution is 2.39. The number of fused-ring (bicyclic) bond motifs is 3. The molecule has 3 aromatic heterocycles. The number of anilines is 1. The molecule has 0 aliphatic heterocycles. The van der Waals surface area contributed by atoms with Crippen LogP contribution in [0.5, 0.6) is 0 Å². The molecule has 0 unspecified atom stereocenters. The summed E-state index contributed by atoms with van der Waals surface area (Å²) < 4.78 is 9.61. The van der Waals surface area contributed by atoms with Crippen LogP contribution in [0.3, 0.4) is 0 Å². The van der Waals surface area contributed by atoms with Crippen LogP contribution in [-0.4, -0.2) is 47.8 Å². The van der Waals surface area contributed by atoms with E-state index in [1.807, 2.05) is 0 Å². The molecule has 0 spiro atoms. The van der Waals surface area contributed by atoms with Crippen LogP contribution in [0.15, 0.2) is 11.4 Å². The Morgan fingerprint density at radius 2 is 1.84 bits per heavy atom. The highest BCUT2D eigenvalue weighted by Gasteiger charge is 2.27. The molecule has 1 aliphatic carbocycles. The average molecular weight is 492 g/mol. The Labute approximate surface area is 196 Å². The first-order valence-electron chi connectivity index (χ1n) is 9.92. The minimum absolute atomic E-state index is 0.0991. The van der Waals surface area contributed by atoms with Crippen molar-refractivity contribution in [3.05, 3.63) is 32.8 Å². The van der Waals surface area contributed by atoms with E-state index in [1.54, 1.807) is 18.3 Å². The van der Waals surface area contributed by atoms with E-state index in [4.69, 9.17) is 9.47 Å². The molecule has 3 heterocycles. The van der Waals surface area contributed by atoms with Crippen LogP contribution in [0.25, 0.3) is 10.2 Å². The van der Waals surface area contributed by atoms with Gasteiger partial charge in [0, 0.05) is 10.3 Å².